The molecule has 0 saturated heterocycles. The Morgan fingerprint density at radius 2 is 1.21 bits per heavy atom. The molecule has 0 spiro atoms. The molecule has 0 radical (unpaired) electrons. The summed E-state index contributed by atoms with van der Waals surface area (Å²) in [6, 6.07) is 24.7. The first-order valence-electron chi connectivity index (χ1n) is 14.8. The van der Waals surface area contributed by atoms with Crippen LogP contribution in [0.1, 0.15) is 27.8 Å². The van der Waals surface area contributed by atoms with Crippen LogP contribution < -0.4 is 23.7 Å². The average Bonchev–Trinajstić information content (AvgIpc) is 3.42. The SMILES string of the molecule is COc1ccc(C2(c3ccc(OC)cc3)C=Cc3c4c(c5cc(OC)c(OC)cc5c3O2)-c2ccccc2C4(OC)C(F)(F)F)cc1. The summed E-state index contributed by atoms with van der Waals surface area (Å²) in [5, 5.41) is 1.05. The van der Waals surface area contributed by atoms with Gasteiger partial charge in [0.05, 0.1) is 28.4 Å². The largest absolute Gasteiger partial charge is 0.497 e. The van der Waals surface area contributed by atoms with E-state index < -0.39 is 17.4 Å². The van der Waals surface area contributed by atoms with Crippen molar-refractivity contribution in [2.45, 2.75) is 17.4 Å². The van der Waals surface area contributed by atoms with E-state index in [1.54, 1.807) is 56.7 Å². The summed E-state index contributed by atoms with van der Waals surface area (Å²) in [6.45, 7) is 0. The van der Waals surface area contributed by atoms with Gasteiger partial charge in [0, 0.05) is 40.3 Å². The van der Waals surface area contributed by atoms with Crippen LogP contribution in [0.5, 0.6) is 28.7 Å². The lowest BCUT2D eigenvalue weighted by Gasteiger charge is -2.39. The summed E-state index contributed by atoms with van der Waals surface area (Å²) in [7, 11) is 7.26. The summed E-state index contributed by atoms with van der Waals surface area (Å²) in [6.07, 6.45) is -1.31. The van der Waals surface area contributed by atoms with Crippen LogP contribution in [0, 0.1) is 0 Å². The van der Waals surface area contributed by atoms with Gasteiger partial charge in [0.25, 0.3) is 0 Å². The zero-order valence-electron chi connectivity index (χ0n) is 26.3. The van der Waals surface area contributed by atoms with Crippen molar-refractivity contribution in [3.63, 3.8) is 0 Å². The Labute approximate surface area is 269 Å². The lowest BCUT2D eigenvalue weighted by molar-refractivity contribution is -0.256. The Hall–Kier alpha value is -5.15. The maximum Gasteiger partial charge on any atom is 0.426 e. The first-order valence-corrected chi connectivity index (χ1v) is 14.8. The number of hydrogen-bond donors (Lipinski definition) is 0. The molecule has 1 unspecified atom stereocenters. The topological polar surface area (TPSA) is 55.4 Å². The standard InChI is InChI=1S/C38H31F3O6/c1-42-24-14-10-22(11-15-24)36(23-12-16-25(43-2)17-13-23)19-18-27-34-33(26-8-6-7-9-30(26)37(34,46-5)38(39,40)41)28-20-31(44-3)32(45-4)21-29(28)35(27)47-36/h6-21H,1-5H3. The second-order valence-electron chi connectivity index (χ2n) is 11.3. The van der Waals surface area contributed by atoms with Crippen molar-refractivity contribution < 1.29 is 41.6 Å². The van der Waals surface area contributed by atoms with Crippen LogP contribution in [0.2, 0.25) is 0 Å². The van der Waals surface area contributed by atoms with Crippen molar-refractivity contribution in [1.29, 1.82) is 0 Å². The minimum Gasteiger partial charge on any atom is -0.497 e. The van der Waals surface area contributed by atoms with Crippen LogP contribution in [0.4, 0.5) is 13.2 Å². The van der Waals surface area contributed by atoms with Crippen molar-refractivity contribution in [2.75, 3.05) is 35.5 Å². The van der Waals surface area contributed by atoms with Crippen molar-refractivity contribution in [2.24, 2.45) is 0 Å². The van der Waals surface area contributed by atoms with Crippen LogP contribution >= 0.6 is 0 Å². The first-order chi connectivity index (χ1) is 22.7. The van der Waals surface area contributed by atoms with E-state index in [4.69, 9.17) is 28.4 Å². The Balaban J connectivity index is 1.62. The predicted octanol–water partition coefficient (Wildman–Crippen LogP) is 8.66. The number of alkyl halides is 3. The molecule has 1 heterocycles. The highest BCUT2D eigenvalue weighted by Gasteiger charge is 2.64. The van der Waals surface area contributed by atoms with Gasteiger partial charge in [-0.25, -0.2) is 0 Å². The van der Waals surface area contributed by atoms with Crippen LogP contribution in [0.3, 0.4) is 0 Å². The van der Waals surface area contributed by atoms with E-state index in [1.807, 2.05) is 48.5 Å². The van der Waals surface area contributed by atoms with Crippen molar-refractivity contribution in [1.82, 2.24) is 0 Å². The third-order valence-electron chi connectivity index (χ3n) is 9.22. The zero-order valence-corrected chi connectivity index (χ0v) is 26.3. The van der Waals surface area contributed by atoms with Crippen molar-refractivity contribution in [3.05, 3.63) is 119 Å². The minimum atomic E-state index is -4.82. The van der Waals surface area contributed by atoms with E-state index in [2.05, 4.69) is 0 Å². The number of rotatable bonds is 7. The quantitative estimate of drug-likeness (QED) is 0.178. The summed E-state index contributed by atoms with van der Waals surface area (Å²) in [5.74, 6) is 2.30. The second-order valence-corrected chi connectivity index (χ2v) is 11.3. The van der Waals surface area contributed by atoms with E-state index in [-0.39, 0.29) is 22.4 Å². The molecule has 5 aromatic carbocycles. The van der Waals surface area contributed by atoms with Gasteiger partial charge < -0.3 is 28.4 Å². The highest BCUT2D eigenvalue weighted by atomic mass is 19.4. The van der Waals surface area contributed by atoms with Gasteiger partial charge in [-0.05, 0) is 59.0 Å². The van der Waals surface area contributed by atoms with Crippen molar-refractivity contribution >= 4 is 16.8 Å². The van der Waals surface area contributed by atoms with Crippen molar-refractivity contribution in [3.8, 4) is 39.9 Å². The summed E-state index contributed by atoms with van der Waals surface area (Å²) in [4.78, 5) is 0. The molecule has 0 bridgehead atoms. The molecule has 1 aliphatic heterocycles. The van der Waals surface area contributed by atoms with Gasteiger partial charge in [-0.15, -0.1) is 0 Å². The molecule has 1 aliphatic carbocycles. The molecule has 0 aromatic heterocycles. The Bertz CT molecular complexity index is 1990. The third kappa shape index (κ3) is 4.22. The molecule has 2 aliphatic rings. The summed E-state index contributed by atoms with van der Waals surface area (Å²) >= 11 is 0. The van der Waals surface area contributed by atoms with E-state index >= 15 is 13.2 Å². The zero-order chi connectivity index (χ0) is 33.1. The first kappa shape index (κ1) is 30.5. The van der Waals surface area contributed by atoms with Gasteiger partial charge in [0.15, 0.2) is 17.1 Å². The number of benzene rings is 5. The van der Waals surface area contributed by atoms with E-state index in [0.717, 1.165) is 18.2 Å². The van der Waals surface area contributed by atoms with Crippen LogP contribution in [-0.2, 0) is 15.9 Å². The Kier molecular flexibility index (Phi) is 7.13. The molecule has 47 heavy (non-hydrogen) atoms. The lowest BCUT2D eigenvalue weighted by Crippen LogP contribution is -2.44. The monoisotopic (exact) mass is 640 g/mol. The number of methoxy groups -OCH3 is 5. The van der Waals surface area contributed by atoms with E-state index in [9.17, 15) is 0 Å². The summed E-state index contributed by atoms with van der Waals surface area (Å²) < 4.78 is 81.6. The number of halogens is 3. The molecule has 0 N–H and O–H groups in total. The molecule has 9 heteroatoms. The molecule has 7 rings (SSSR count). The highest BCUT2D eigenvalue weighted by Crippen LogP contribution is 2.63. The lowest BCUT2D eigenvalue weighted by atomic mass is 9.79. The second kappa shape index (κ2) is 11.0. The maximum atomic E-state index is 15.6. The molecule has 240 valence electrons. The molecule has 6 nitrogen and oxygen atoms in total. The van der Waals surface area contributed by atoms with Gasteiger partial charge >= 0.3 is 6.18 Å². The molecule has 0 fully saturated rings. The number of ether oxygens (including phenoxy) is 6. The molecule has 1 atom stereocenters. The van der Waals surface area contributed by atoms with Gasteiger partial charge in [0.2, 0.25) is 5.60 Å². The van der Waals surface area contributed by atoms with Crippen LogP contribution in [0.25, 0.3) is 28.0 Å². The smallest absolute Gasteiger partial charge is 0.426 e. The third-order valence-corrected chi connectivity index (χ3v) is 9.22. The predicted molar refractivity (Wildman–Crippen MR) is 173 cm³/mol. The molecular formula is C38H31F3O6. The van der Waals surface area contributed by atoms with Gasteiger partial charge in [0.1, 0.15) is 17.2 Å². The normalized spacial score (nSPS) is 17.4. The average molecular weight is 641 g/mol. The molecule has 5 aromatic rings. The fraction of sp³-hybridized carbons (Fsp3) is 0.211. The van der Waals surface area contributed by atoms with Gasteiger partial charge in [-0.3, -0.25) is 0 Å². The summed E-state index contributed by atoms with van der Waals surface area (Å²) in [5.41, 5.74) is -1.53. The highest BCUT2D eigenvalue weighted by molar-refractivity contribution is 6.09. The number of fused-ring (bicyclic) bond motifs is 8. The van der Waals surface area contributed by atoms with Crippen LogP contribution in [0.15, 0.2) is 91.0 Å². The fourth-order valence-corrected chi connectivity index (χ4v) is 7.03. The maximum absolute atomic E-state index is 15.6. The molecule has 0 saturated carbocycles. The Morgan fingerprint density at radius 3 is 1.72 bits per heavy atom. The van der Waals surface area contributed by atoms with E-state index in [0.29, 0.717) is 44.9 Å². The minimum absolute atomic E-state index is 0.00466. The van der Waals surface area contributed by atoms with Gasteiger partial charge in [-0.2, -0.15) is 13.2 Å². The number of hydrogen-bond acceptors (Lipinski definition) is 6. The molecule has 0 amide bonds. The molecular weight excluding hydrogens is 609 g/mol. The van der Waals surface area contributed by atoms with E-state index in [1.165, 1.54) is 20.3 Å². The van der Waals surface area contributed by atoms with Gasteiger partial charge in [-0.1, -0.05) is 54.6 Å². The Morgan fingerprint density at radius 1 is 0.660 bits per heavy atom. The fourth-order valence-electron chi connectivity index (χ4n) is 7.03. The van der Waals surface area contributed by atoms with Crippen LogP contribution in [-0.4, -0.2) is 41.7 Å².